The Morgan fingerprint density at radius 3 is 2.25 bits per heavy atom. The van der Waals surface area contributed by atoms with E-state index in [1.54, 1.807) is 30.4 Å². The third-order valence-electron chi connectivity index (χ3n) is 5.72. The van der Waals surface area contributed by atoms with Gasteiger partial charge in [-0.2, -0.15) is 0 Å². The molecule has 0 bridgehead atoms. The molecule has 0 aromatic heterocycles. The molecule has 2 heterocycles. The van der Waals surface area contributed by atoms with E-state index in [2.05, 4.69) is 0 Å². The second-order valence-electron chi connectivity index (χ2n) is 7.52. The third kappa shape index (κ3) is 3.23. The summed E-state index contributed by atoms with van der Waals surface area (Å²) in [6.45, 7) is 0. The number of benzene rings is 3. The lowest BCUT2D eigenvalue weighted by Crippen LogP contribution is -2.37. The Morgan fingerprint density at radius 1 is 0.875 bits per heavy atom. The van der Waals surface area contributed by atoms with E-state index < -0.39 is 29.9 Å². The molecule has 0 radical (unpaired) electrons. The van der Waals surface area contributed by atoms with Gasteiger partial charge < -0.3 is 4.74 Å². The zero-order valence-corrected chi connectivity index (χ0v) is 18.5. The number of para-hydroxylation sites is 2. The summed E-state index contributed by atoms with van der Waals surface area (Å²) in [4.78, 5) is 34.2. The van der Waals surface area contributed by atoms with Crippen LogP contribution in [0.3, 0.4) is 0 Å². The standard InChI is InChI=1S/C24H18Cl2N2O4/c1-31-16-10-5-7-14(13-16)20-19-22(32-28(20)15-8-3-2-4-9-15)24(30)27(23(19)29)21-17(25)11-6-12-18(21)26/h2-13,19-20,22H,1H3/t19-,20-,22+/m1/s1. The Morgan fingerprint density at radius 2 is 1.56 bits per heavy atom. The van der Waals surface area contributed by atoms with E-state index in [9.17, 15) is 9.59 Å². The van der Waals surface area contributed by atoms with Crippen molar-refractivity contribution in [1.29, 1.82) is 0 Å². The van der Waals surface area contributed by atoms with Crippen LogP contribution in [0, 0.1) is 5.92 Å². The second kappa shape index (κ2) is 8.13. The number of carbonyl (C=O) groups is 2. The first-order valence-corrected chi connectivity index (χ1v) is 10.7. The van der Waals surface area contributed by atoms with Crippen molar-refractivity contribution in [2.75, 3.05) is 17.1 Å². The molecule has 2 aliphatic heterocycles. The van der Waals surface area contributed by atoms with Crippen LogP contribution in [0.5, 0.6) is 5.75 Å². The number of imide groups is 1. The quantitative estimate of drug-likeness (QED) is 0.501. The summed E-state index contributed by atoms with van der Waals surface area (Å²) in [5.74, 6) is -1.06. The number of rotatable bonds is 4. The molecule has 0 N–H and O–H groups in total. The first-order valence-electron chi connectivity index (χ1n) is 9.98. The number of carbonyl (C=O) groups excluding carboxylic acids is 2. The van der Waals surface area contributed by atoms with E-state index in [4.69, 9.17) is 32.8 Å². The molecule has 32 heavy (non-hydrogen) atoms. The number of halogens is 2. The van der Waals surface area contributed by atoms with Gasteiger partial charge in [-0.1, -0.05) is 59.6 Å². The molecule has 3 aromatic rings. The van der Waals surface area contributed by atoms with E-state index in [1.807, 2.05) is 54.6 Å². The lowest BCUT2D eigenvalue weighted by Gasteiger charge is -2.29. The summed E-state index contributed by atoms with van der Waals surface area (Å²) < 4.78 is 5.38. The number of anilines is 2. The minimum atomic E-state index is -1.01. The van der Waals surface area contributed by atoms with Crippen molar-refractivity contribution < 1.29 is 19.2 Å². The van der Waals surface area contributed by atoms with Gasteiger partial charge in [-0.3, -0.25) is 14.4 Å². The van der Waals surface area contributed by atoms with Gasteiger partial charge in [0.15, 0.2) is 6.10 Å². The zero-order valence-electron chi connectivity index (χ0n) is 16.9. The largest absolute Gasteiger partial charge is 0.497 e. The van der Waals surface area contributed by atoms with Gasteiger partial charge in [0.05, 0.1) is 34.6 Å². The predicted octanol–water partition coefficient (Wildman–Crippen LogP) is 5.05. The summed E-state index contributed by atoms with van der Waals surface area (Å²) in [7, 11) is 1.58. The maximum atomic E-state index is 13.7. The molecule has 0 aliphatic carbocycles. The summed E-state index contributed by atoms with van der Waals surface area (Å²) in [5.41, 5.74) is 1.70. The third-order valence-corrected chi connectivity index (χ3v) is 6.33. The van der Waals surface area contributed by atoms with Crippen molar-refractivity contribution in [2.24, 2.45) is 5.92 Å². The number of hydroxylamine groups is 1. The SMILES string of the molecule is COc1cccc([C@@H]2[C@H]3C(=O)N(c4c(Cl)cccc4Cl)C(=O)[C@H]3ON2c2ccccc2)c1. The van der Waals surface area contributed by atoms with Crippen LogP contribution in [-0.4, -0.2) is 25.0 Å². The van der Waals surface area contributed by atoms with E-state index in [1.165, 1.54) is 0 Å². The molecule has 5 rings (SSSR count). The Balaban J connectivity index is 1.62. The number of nitrogens with zero attached hydrogens (tertiary/aromatic N) is 2. The molecule has 0 spiro atoms. The molecule has 6 nitrogen and oxygen atoms in total. The molecule has 8 heteroatoms. The molecule has 2 saturated heterocycles. The summed E-state index contributed by atoms with van der Waals surface area (Å²) >= 11 is 12.6. The normalized spacial score (nSPS) is 22.4. The first kappa shape index (κ1) is 20.8. The van der Waals surface area contributed by atoms with Crippen molar-refractivity contribution in [3.05, 3.63) is 88.4 Å². The van der Waals surface area contributed by atoms with E-state index in [0.717, 1.165) is 16.2 Å². The zero-order chi connectivity index (χ0) is 22.4. The van der Waals surface area contributed by atoms with Crippen molar-refractivity contribution in [1.82, 2.24) is 0 Å². The fourth-order valence-corrected chi connectivity index (χ4v) is 4.87. The fraction of sp³-hybridized carbons (Fsp3) is 0.167. The number of hydrogen-bond acceptors (Lipinski definition) is 5. The minimum Gasteiger partial charge on any atom is -0.497 e. The van der Waals surface area contributed by atoms with Crippen LogP contribution in [0.15, 0.2) is 72.8 Å². The highest BCUT2D eigenvalue weighted by Crippen LogP contribution is 2.49. The van der Waals surface area contributed by atoms with Crippen LogP contribution in [0.2, 0.25) is 10.0 Å². The second-order valence-corrected chi connectivity index (χ2v) is 8.33. The first-order chi connectivity index (χ1) is 15.5. The molecule has 0 unspecified atom stereocenters. The van der Waals surface area contributed by atoms with E-state index in [-0.39, 0.29) is 15.7 Å². The van der Waals surface area contributed by atoms with Crippen LogP contribution < -0.4 is 14.7 Å². The highest BCUT2D eigenvalue weighted by atomic mass is 35.5. The molecule has 3 aromatic carbocycles. The van der Waals surface area contributed by atoms with Crippen LogP contribution in [0.25, 0.3) is 0 Å². The summed E-state index contributed by atoms with van der Waals surface area (Å²) in [6.07, 6.45) is -1.01. The Hall–Kier alpha value is -3.06. The molecule has 0 saturated carbocycles. The highest BCUT2D eigenvalue weighted by Gasteiger charge is 2.60. The molecule has 162 valence electrons. The topological polar surface area (TPSA) is 59.1 Å². The summed E-state index contributed by atoms with van der Waals surface area (Å²) in [5, 5.41) is 2.07. The number of fused-ring (bicyclic) bond motifs is 1. The predicted molar refractivity (Wildman–Crippen MR) is 122 cm³/mol. The number of ether oxygens (including phenoxy) is 1. The van der Waals surface area contributed by atoms with Crippen LogP contribution in [0.4, 0.5) is 11.4 Å². The Kier molecular flexibility index (Phi) is 5.29. The number of methoxy groups -OCH3 is 1. The average molecular weight is 469 g/mol. The molecular formula is C24H18Cl2N2O4. The Labute approximate surface area is 194 Å². The van der Waals surface area contributed by atoms with Gasteiger partial charge in [-0.15, -0.1) is 0 Å². The molecule has 2 aliphatic rings. The lowest BCUT2D eigenvalue weighted by molar-refractivity contribution is -0.126. The monoisotopic (exact) mass is 468 g/mol. The maximum Gasteiger partial charge on any atom is 0.266 e. The number of amides is 2. The Bertz CT molecular complexity index is 1180. The smallest absolute Gasteiger partial charge is 0.266 e. The van der Waals surface area contributed by atoms with Crippen molar-refractivity contribution in [2.45, 2.75) is 12.1 Å². The van der Waals surface area contributed by atoms with Gasteiger partial charge in [0.1, 0.15) is 11.7 Å². The molecular weight excluding hydrogens is 451 g/mol. The van der Waals surface area contributed by atoms with Gasteiger partial charge >= 0.3 is 0 Å². The van der Waals surface area contributed by atoms with E-state index in [0.29, 0.717) is 5.75 Å². The highest BCUT2D eigenvalue weighted by molar-refractivity contribution is 6.42. The van der Waals surface area contributed by atoms with Gasteiger partial charge in [0.2, 0.25) is 5.91 Å². The van der Waals surface area contributed by atoms with Gasteiger partial charge in [-0.25, -0.2) is 9.96 Å². The van der Waals surface area contributed by atoms with Gasteiger partial charge in [-0.05, 0) is 42.0 Å². The number of hydrogen-bond donors (Lipinski definition) is 0. The van der Waals surface area contributed by atoms with Crippen LogP contribution in [-0.2, 0) is 14.4 Å². The van der Waals surface area contributed by atoms with Crippen molar-refractivity contribution in [3.8, 4) is 5.75 Å². The van der Waals surface area contributed by atoms with Crippen LogP contribution >= 0.6 is 23.2 Å². The average Bonchev–Trinajstić information content (AvgIpc) is 3.31. The minimum absolute atomic E-state index is 0.180. The van der Waals surface area contributed by atoms with Crippen LogP contribution in [0.1, 0.15) is 11.6 Å². The van der Waals surface area contributed by atoms with E-state index >= 15 is 0 Å². The lowest BCUT2D eigenvalue weighted by atomic mass is 9.90. The van der Waals surface area contributed by atoms with Crippen molar-refractivity contribution >= 4 is 46.4 Å². The van der Waals surface area contributed by atoms with Gasteiger partial charge in [0.25, 0.3) is 5.91 Å². The summed E-state index contributed by atoms with van der Waals surface area (Å²) in [6, 6.07) is 21.0. The molecule has 3 atom stereocenters. The molecule has 2 fully saturated rings. The maximum absolute atomic E-state index is 13.7. The fourth-order valence-electron chi connectivity index (χ4n) is 4.30. The van der Waals surface area contributed by atoms with Crippen molar-refractivity contribution in [3.63, 3.8) is 0 Å². The van der Waals surface area contributed by atoms with Gasteiger partial charge in [0, 0.05) is 0 Å². The molecule has 2 amide bonds.